The Bertz CT molecular complexity index is 349. The summed E-state index contributed by atoms with van der Waals surface area (Å²) in [6, 6.07) is 2.28. The summed E-state index contributed by atoms with van der Waals surface area (Å²) in [6.07, 6.45) is 6.93. The second-order valence-electron chi connectivity index (χ2n) is 3.69. The highest BCUT2D eigenvalue weighted by atomic mass is 32.2. The van der Waals surface area contributed by atoms with Gasteiger partial charge in [0.1, 0.15) is 10.6 Å². The predicted octanol–water partition coefficient (Wildman–Crippen LogP) is 1.85. The second kappa shape index (κ2) is 6.46. The Morgan fingerprint density at radius 1 is 1.56 bits per heavy atom. The first-order valence-electron chi connectivity index (χ1n) is 5.19. The van der Waals surface area contributed by atoms with Crippen molar-refractivity contribution < 1.29 is 0 Å². The van der Waals surface area contributed by atoms with E-state index >= 15 is 0 Å². The van der Waals surface area contributed by atoms with Crippen LogP contribution in [0.2, 0.25) is 0 Å². The summed E-state index contributed by atoms with van der Waals surface area (Å²) < 4.78 is 0. The number of aromatic nitrogens is 2. The summed E-state index contributed by atoms with van der Waals surface area (Å²) in [5.41, 5.74) is -0.414. The molecular formula is C11H16N4S. The Hall–Kier alpha value is -1.12. The molecule has 1 unspecified atom stereocenters. The standard InChI is InChI=1S/C11H16N4S/c1-11(9-12,13-2)4-3-7-16-10-8-14-5-6-15-10/h5-6,8,13H,3-4,7H2,1-2H3. The third-order valence-electron chi connectivity index (χ3n) is 2.41. The van der Waals surface area contributed by atoms with E-state index in [-0.39, 0.29) is 0 Å². The van der Waals surface area contributed by atoms with Gasteiger partial charge in [-0.05, 0) is 32.6 Å². The van der Waals surface area contributed by atoms with E-state index in [0.29, 0.717) is 0 Å². The SMILES string of the molecule is CNC(C)(C#N)CCCSc1cnccn1. The average Bonchev–Trinajstić information content (AvgIpc) is 2.36. The zero-order valence-electron chi connectivity index (χ0n) is 9.60. The van der Waals surface area contributed by atoms with E-state index in [1.165, 1.54) is 0 Å². The van der Waals surface area contributed by atoms with Crippen molar-refractivity contribution in [1.82, 2.24) is 15.3 Å². The highest BCUT2D eigenvalue weighted by Crippen LogP contribution is 2.18. The maximum atomic E-state index is 8.96. The van der Waals surface area contributed by atoms with Crippen LogP contribution in [0.25, 0.3) is 0 Å². The molecule has 0 aliphatic carbocycles. The summed E-state index contributed by atoms with van der Waals surface area (Å²) >= 11 is 1.67. The molecule has 1 aromatic heterocycles. The summed E-state index contributed by atoms with van der Waals surface area (Å²) in [5.74, 6) is 0.956. The van der Waals surface area contributed by atoms with Gasteiger partial charge in [0.15, 0.2) is 0 Å². The monoisotopic (exact) mass is 236 g/mol. The van der Waals surface area contributed by atoms with Gasteiger partial charge in [-0.15, -0.1) is 11.8 Å². The molecule has 0 aliphatic heterocycles. The van der Waals surface area contributed by atoms with E-state index in [0.717, 1.165) is 23.6 Å². The maximum absolute atomic E-state index is 8.96. The molecule has 0 spiro atoms. The van der Waals surface area contributed by atoms with Gasteiger partial charge in [-0.2, -0.15) is 5.26 Å². The molecule has 1 atom stereocenters. The van der Waals surface area contributed by atoms with Gasteiger partial charge < -0.3 is 5.32 Å². The van der Waals surface area contributed by atoms with E-state index in [1.807, 2.05) is 14.0 Å². The quantitative estimate of drug-likeness (QED) is 0.603. The van der Waals surface area contributed by atoms with Crippen molar-refractivity contribution in [2.75, 3.05) is 12.8 Å². The smallest absolute Gasteiger partial charge is 0.114 e. The van der Waals surface area contributed by atoms with E-state index in [9.17, 15) is 0 Å². The minimum absolute atomic E-state index is 0.414. The lowest BCUT2D eigenvalue weighted by molar-refractivity contribution is 0.451. The molecule has 1 heterocycles. The van der Waals surface area contributed by atoms with E-state index in [4.69, 9.17) is 5.26 Å². The van der Waals surface area contributed by atoms with Crippen molar-refractivity contribution in [3.63, 3.8) is 0 Å². The minimum atomic E-state index is -0.414. The van der Waals surface area contributed by atoms with Gasteiger partial charge in [0.2, 0.25) is 0 Å². The summed E-state index contributed by atoms with van der Waals surface area (Å²) in [7, 11) is 1.82. The molecule has 1 aromatic rings. The molecule has 86 valence electrons. The lowest BCUT2D eigenvalue weighted by Crippen LogP contribution is -2.37. The number of nitriles is 1. The largest absolute Gasteiger partial charge is 0.303 e. The molecule has 0 fully saturated rings. The fourth-order valence-corrected chi connectivity index (χ4v) is 1.97. The Morgan fingerprint density at radius 3 is 2.94 bits per heavy atom. The number of nitrogens with one attached hydrogen (secondary N) is 1. The van der Waals surface area contributed by atoms with Crippen LogP contribution in [0.1, 0.15) is 19.8 Å². The lowest BCUT2D eigenvalue weighted by Gasteiger charge is -2.19. The third-order valence-corrected chi connectivity index (χ3v) is 3.41. The molecule has 5 heteroatoms. The molecule has 16 heavy (non-hydrogen) atoms. The highest BCUT2D eigenvalue weighted by Gasteiger charge is 2.19. The molecule has 1 N–H and O–H groups in total. The Balaban J connectivity index is 2.25. The molecule has 0 radical (unpaired) electrons. The van der Waals surface area contributed by atoms with Crippen LogP contribution in [0.5, 0.6) is 0 Å². The fourth-order valence-electron chi connectivity index (χ4n) is 1.20. The van der Waals surface area contributed by atoms with Gasteiger partial charge in [-0.25, -0.2) is 4.98 Å². The minimum Gasteiger partial charge on any atom is -0.303 e. The average molecular weight is 236 g/mol. The van der Waals surface area contributed by atoms with Gasteiger partial charge in [-0.3, -0.25) is 4.98 Å². The van der Waals surface area contributed by atoms with Crippen LogP contribution in [0, 0.1) is 11.3 Å². The van der Waals surface area contributed by atoms with Gasteiger partial charge in [0.05, 0.1) is 12.3 Å². The van der Waals surface area contributed by atoms with Crippen molar-refractivity contribution in [1.29, 1.82) is 5.26 Å². The van der Waals surface area contributed by atoms with E-state index in [1.54, 1.807) is 30.4 Å². The van der Waals surface area contributed by atoms with Gasteiger partial charge in [0.25, 0.3) is 0 Å². The van der Waals surface area contributed by atoms with Crippen LogP contribution < -0.4 is 5.32 Å². The van der Waals surface area contributed by atoms with Crippen molar-refractivity contribution >= 4 is 11.8 Å². The highest BCUT2D eigenvalue weighted by molar-refractivity contribution is 7.99. The van der Waals surface area contributed by atoms with E-state index in [2.05, 4.69) is 21.4 Å². The van der Waals surface area contributed by atoms with Crippen LogP contribution in [0.3, 0.4) is 0 Å². The van der Waals surface area contributed by atoms with Crippen molar-refractivity contribution in [3.8, 4) is 6.07 Å². The summed E-state index contributed by atoms with van der Waals surface area (Å²) in [6.45, 7) is 1.92. The molecule has 0 saturated heterocycles. The van der Waals surface area contributed by atoms with Crippen molar-refractivity contribution in [2.45, 2.75) is 30.3 Å². The molecule has 0 amide bonds. The van der Waals surface area contributed by atoms with Gasteiger partial charge >= 0.3 is 0 Å². The first-order valence-corrected chi connectivity index (χ1v) is 6.18. The molecule has 4 nitrogen and oxygen atoms in total. The molecular weight excluding hydrogens is 220 g/mol. The number of nitrogens with zero attached hydrogens (tertiary/aromatic N) is 3. The van der Waals surface area contributed by atoms with Crippen LogP contribution in [-0.2, 0) is 0 Å². The molecule has 0 aromatic carbocycles. The number of thioether (sulfide) groups is 1. The maximum Gasteiger partial charge on any atom is 0.114 e. The second-order valence-corrected chi connectivity index (χ2v) is 4.80. The fraction of sp³-hybridized carbons (Fsp3) is 0.545. The predicted molar refractivity (Wildman–Crippen MR) is 65.1 cm³/mol. The normalized spacial score (nSPS) is 14.1. The Labute approximate surface area is 100 Å². The summed E-state index contributed by atoms with van der Waals surface area (Å²) in [5, 5.41) is 12.9. The summed E-state index contributed by atoms with van der Waals surface area (Å²) in [4.78, 5) is 8.17. The van der Waals surface area contributed by atoms with Gasteiger partial charge in [0, 0.05) is 12.4 Å². The lowest BCUT2D eigenvalue weighted by atomic mass is 9.99. The molecule has 0 bridgehead atoms. The van der Waals surface area contributed by atoms with Crippen molar-refractivity contribution in [2.24, 2.45) is 0 Å². The first-order chi connectivity index (χ1) is 7.70. The molecule has 0 aliphatic rings. The van der Waals surface area contributed by atoms with Gasteiger partial charge in [-0.1, -0.05) is 0 Å². The topological polar surface area (TPSA) is 61.6 Å². The Morgan fingerprint density at radius 2 is 2.38 bits per heavy atom. The first kappa shape index (κ1) is 12.9. The zero-order chi connectivity index (χ0) is 11.9. The Kier molecular flexibility index (Phi) is 5.23. The van der Waals surface area contributed by atoms with Crippen LogP contribution in [-0.4, -0.2) is 28.3 Å². The number of hydrogen-bond donors (Lipinski definition) is 1. The molecule has 1 rings (SSSR count). The molecule has 0 saturated carbocycles. The van der Waals surface area contributed by atoms with Crippen LogP contribution in [0.4, 0.5) is 0 Å². The van der Waals surface area contributed by atoms with Crippen molar-refractivity contribution in [3.05, 3.63) is 18.6 Å². The van der Waals surface area contributed by atoms with Crippen LogP contribution >= 0.6 is 11.8 Å². The third kappa shape index (κ3) is 4.17. The van der Waals surface area contributed by atoms with E-state index < -0.39 is 5.54 Å². The number of rotatable bonds is 6. The number of hydrogen-bond acceptors (Lipinski definition) is 5. The zero-order valence-corrected chi connectivity index (χ0v) is 10.4. The van der Waals surface area contributed by atoms with Crippen LogP contribution in [0.15, 0.2) is 23.6 Å².